The van der Waals surface area contributed by atoms with Crippen LogP contribution in [0.1, 0.15) is 29.3 Å². The van der Waals surface area contributed by atoms with Crippen molar-refractivity contribution in [2.75, 3.05) is 23.4 Å². The molecule has 1 aliphatic heterocycles. The van der Waals surface area contributed by atoms with Gasteiger partial charge in [0.15, 0.2) is 0 Å². The van der Waals surface area contributed by atoms with E-state index in [4.69, 9.17) is 16.3 Å². The van der Waals surface area contributed by atoms with Gasteiger partial charge in [0.25, 0.3) is 5.91 Å². The van der Waals surface area contributed by atoms with E-state index in [-0.39, 0.29) is 30.7 Å². The number of hydrogen-bond acceptors (Lipinski definition) is 4. The van der Waals surface area contributed by atoms with Crippen LogP contribution < -0.4 is 20.3 Å². The number of hydrogen-bond donors (Lipinski definition) is 2. The van der Waals surface area contributed by atoms with Gasteiger partial charge in [-0.05, 0) is 55.0 Å². The van der Waals surface area contributed by atoms with Gasteiger partial charge in [0.2, 0.25) is 11.8 Å². The highest BCUT2D eigenvalue weighted by Crippen LogP contribution is 2.28. The molecule has 8 heteroatoms. The molecule has 35 heavy (non-hydrogen) atoms. The second kappa shape index (κ2) is 11.1. The Kier molecular flexibility index (Phi) is 7.67. The molecule has 0 radical (unpaired) electrons. The highest BCUT2D eigenvalue weighted by molar-refractivity contribution is 6.31. The summed E-state index contributed by atoms with van der Waals surface area (Å²) in [7, 11) is 0. The quantitative estimate of drug-likeness (QED) is 0.479. The van der Waals surface area contributed by atoms with Crippen molar-refractivity contribution in [2.45, 2.75) is 19.9 Å². The number of nitrogens with zero attached hydrogens (tertiary/aromatic N) is 1. The third-order valence-electron chi connectivity index (χ3n) is 5.73. The number of rotatable bonds is 8. The van der Waals surface area contributed by atoms with Crippen molar-refractivity contribution in [1.82, 2.24) is 5.32 Å². The molecular formula is C27H26ClN3O4. The second-order valence-electron chi connectivity index (χ2n) is 8.18. The van der Waals surface area contributed by atoms with Gasteiger partial charge in [0.05, 0.1) is 23.8 Å². The zero-order valence-corrected chi connectivity index (χ0v) is 20.0. The first-order chi connectivity index (χ1) is 16.9. The van der Waals surface area contributed by atoms with Gasteiger partial charge in [-0.1, -0.05) is 41.9 Å². The molecule has 1 heterocycles. The summed E-state index contributed by atoms with van der Waals surface area (Å²) >= 11 is 6.05. The summed E-state index contributed by atoms with van der Waals surface area (Å²) in [6.45, 7) is 3.09. The van der Waals surface area contributed by atoms with E-state index in [0.29, 0.717) is 35.1 Å². The largest absolute Gasteiger partial charge is 0.494 e. The minimum absolute atomic E-state index is 0.0877. The summed E-state index contributed by atoms with van der Waals surface area (Å²) in [4.78, 5) is 40.0. The van der Waals surface area contributed by atoms with Gasteiger partial charge in [-0.3, -0.25) is 14.4 Å². The maximum Gasteiger partial charge on any atom is 0.253 e. The molecular weight excluding hydrogens is 466 g/mol. The SMILES string of the molecule is CCOc1ccc(CNC(=O)c2ccccc2NC(=O)[C@H]2CC(=O)N(c3cccc(Cl)c3)C2)cc1. The number of benzene rings is 3. The maximum atomic E-state index is 13.0. The predicted octanol–water partition coefficient (Wildman–Crippen LogP) is 4.66. The zero-order valence-electron chi connectivity index (χ0n) is 19.3. The molecule has 4 rings (SSSR count). The van der Waals surface area contributed by atoms with Crippen LogP contribution in [-0.4, -0.2) is 30.9 Å². The van der Waals surface area contributed by atoms with Crippen LogP contribution >= 0.6 is 11.6 Å². The molecule has 1 saturated heterocycles. The topological polar surface area (TPSA) is 87.7 Å². The van der Waals surface area contributed by atoms with E-state index in [9.17, 15) is 14.4 Å². The fourth-order valence-electron chi connectivity index (χ4n) is 3.95. The Morgan fingerprint density at radius 1 is 1.06 bits per heavy atom. The monoisotopic (exact) mass is 491 g/mol. The third kappa shape index (κ3) is 6.00. The molecule has 0 aromatic heterocycles. The summed E-state index contributed by atoms with van der Waals surface area (Å²) in [5.74, 6) is -0.530. The lowest BCUT2D eigenvalue weighted by atomic mass is 10.1. The van der Waals surface area contributed by atoms with Gasteiger partial charge >= 0.3 is 0 Å². The number of carbonyl (C=O) groups is 3. The highest BCUT2D eigenvalue weighted by Gasteiger charge is 2.35. The molecule has 1 atom stereocenters. The van der Waals surface area contributed by atoms with Gasteiger partial charge in [-0.2, -0.15) is 0 Å². The summed E-state index contributed by atoms with van der Waals surface area (Å²) in [5, 5.41) is 6.24. The molecule has 1 aliphatic rings. The fraction of sp³-hybridized carbons (Fsp3) is 0.222. The van der Waals surface area contributed by atoms with Crippen molar-refractivity contribution in [3.05, 3.63) is 88.9 Å². The molecule has 180 valence electrons. The highest BCUT2D eigenvalue weighted by atomic mass is 35.5. The lowest BCUT2D eigenvalue weighted by Crippen LogP contribution is -2.29. The lowest BCUT2D eigenvalue weighted by molar-refractivity contribution is -0.122. The number of anilines is 2. The van der Waals surface area contributed by atoms with Crippen LogP contribution in [0.5, 0.6) is 5.75 Å². The van der Waals surface area contributed by atoms with Gasteiger partial charge in [-0.25, -0.2) is 0 Å². The van der Waals surface area contributed by atoms with Crippen molar-refractivity contribution >= 4 is 40.7 Å². The van der Waals surface area contributed by atoms with Crippen LogP contribution in [0.15, 0.2) is 72.8 Å². The van der Waals surface area contributed by atoms with Gasteiger partial charge < -0.3 is 20.3 Å². The molecule has 0 unspecified atom stereocenters. The van der Waals surface area contributed by atoms with Crippen molar-refractivity contribution < 1.29 is 19.1 Å². The average molecular weight is 492 g/mol. The summed E-state index contributed by atoms with van der Waals surface area (Å²) in [6, 6.07) is 21.3. The minimum Gasteiger partial charge on any atom is -0.494 e. The third-order valence-corrected chi connectivity index (χ3v) is 5.97. The number of nitrogens with one attached hydrogen (secondary N) is 2. The number of amides is 3. The zero-order chi connectivity index (χ0) is 24.8. The molecule has 3 amide bonds. The van der Waals surface area contributed by atoms with Crippen molar-refractivity contribution in [1.29, 1.82) is 0 Å². The van der Waals surface area contributed by atoms with E-state index in [1.54, 1.807) is 53.4 Å². The van der Waals surface area contributed by atoms with E-state index in [0.717, 1.165) is 11.3 Å². The van der Waals surface area contributed by atoms with Crippen LogP contribution in [0.4, 0.5) is 11.4 Å². The van der Waals surface area contributed by atoms with Crippen molar-refractivity contribution in [3.63, 3.8) is 0 Å². The first kappa shape index (κ1) is 24.3. The smallest absolute Gasteiger partial charge is 0.253 e. The molecule has 0 aliphatic carbocycles. The van der Waals surface area contributed by atoms with Gasteiger partial charge in [0.1, 0.15) is 5.75 Å². The first-order valence-corrected chi connectivity index (χ1v) is 11.8. The molecule has 0 bridgehead atoms. The van der Waals surface area contributed by atoms with Crippen LogP contribution in [0.3, 0.4) is 0 Å². The maximum absolute atomic E-state index is 13.0. The van der Waals surface area contributed by atoms with E-state index in [1.165, 1.54) is 0 Å². The number of ether oxygens (including phenoxy) is 1. The molecule has 0 saturated carbocycles. The summed E-state index contributed by atoms with van der Waals surface area (Å²) < 4.78 is 5.44. The van der Waals surface area contributed by atoms with E-state index in [2.05, 4.69) is 10.6 Å². The molecule has 7 nitrogen and oxygen atoms in total. The van der Waals surface area contributed by atoms with Crippen molar-refractivity contribution in [2.24, 2.45) is 5.92 Å². The van der Waals surface area contributed by atoms with Crippen LogP contribution in [-0.2, 0) is 16.1 Å². The molecule has 1 fully saturated rings. The average Bonchev–Trinajstić information content (AvgIpc) is 3.26. The van der Waals surface area contributed by atoms with Crippen LogP contribution in [0.2, 0.25) is 5.02 Å². The number of carbonyl (C=O) groups excluding carboxylic acids is 3. The Hall–Kier alpha value is -3.84. The van der Waals surface area contributed by atoms with Gasteiger partial charge in [-0.15, -0.1) is 0 Å². The van der Waals surface area contributed by atoms with Crippen LogP contribution in [0.25, 0.3) is 0 Å². The van der Waals surface area contributed by atoms with Crippen molar-refractivity contribution in [3.8, 4) is 5.75 Å². The first-order valence-electron chi connectivity index (χ1n) is 11.4. The minimum atomic E-state index is -0.540. The molecule has 3 aromatic rings. The molecule has 3 aromatic carbocycles. The normalized spacial score (nSPS) is 15.1. The Morgan fingerprint density at radius 2 is 1.83 bits per heavy atom. The molecule has 0 spiro atoms. The summed E-state index contributed by atoms with van der Waals surface area (Å²) in [5.41, 5.74) is 2.33. The fourth-order valence-corrected chi connectivity index (χ4v) is 4.13. The lowest BCUT2D eigenvalue weighted by Gasteiger charge is -2.17. The Morgan fingerprint density at radius 3 is 2.57 bits per heavy atom. The standard InChI is InChI=1S/C27H26ClN3O4/c1-2-35-22-12-10-18(11-13-22)16-29-27(34)23-8-3-4-9-24(23)30-26(33)19-14-25(32)31(17-19)21-7-5-6-20(28)15-21/h3-13,15,19H,2,14,16-17H2,1H3,(H,29,34)(H,30,33)/t19-/m0/s1. The Labute approximate surface area is 209 Å². The number of para-hydroxylation sites is 1. The van der Waals surface area contributed by atoms with Gasteiger partial charge in [0, 0.05) is 30.2 Å². The summed E-state index contributed by atoms with van der Waals surface area (Å²) in [6.07, 6.45) is 0.0877. The Balaban J connectivity index is 1.39. The molecule has 2 N–H and O–H groups in total. The second-order valence-corrected chi connectivity index (χ2v) is 8.62. The Bertz CT molecular complexity index is 1230. The predicted molar refractivity (Wildman–Crippen MR) is 136 cm³/mol. The van der Waals surface area contributed by atoms with E-state index in [1.807, 2.05) is 31.2 Å². The van der Waals surface area contributed by atoms with E-state index < -0.39 is 5.92 Å². The van der Waals surface area contributed by atoms with Crippen LogP contribution in [0, 0.1) is 5.92 Å². The van der Waals surface area contributed by atoms with E-state index >= 15 is 0 Å². The number of halogens is 1.